The summed E-state index contributed by atoms with van der Waals surface area (Å²) < 4.78 is 5.42. The van der Waals surface area contributed by atoms with Crippen molar-refractivity contribution in [3.05, 3.63) is 88.8 Å². The van der Waals surface area contributed by atoms with Crippen LogP contribution in [0.2, 0.25) is 0 Å². The van der Waals surface area contributed by atoms with Gasteiger partial charge in [0, 0.05) is 41.3 Å². The molecule has 5 rings (SSSR count). The topological polar surface area (TPSA) is 104 Å². The maximum Gasteiger partial charge on any atom is 0.349 e. The van der Waals surface area contributed by atoms with E-state index in [1.54, 1.807) is 12.1 Å². The summed E-state index contributed by atoms with van der Waals surface area (Å²) in [4.78, 5) is 31.9. The molecule has 8 nitrogen and oxygen atoms in total. The van der Waals surface area contributed by atoms with Crippen LogP contribution in [0.3, 0.4) is 0 Å². The summed E-state index contributed by atoms with van der Waals surface area (Å²) in [5, 5.41) is 16.5. The number of hydrogen-bond donors (Lipinski definition) is 3. The van der Waals surface area contributed by atoms with Crippen LogP contribution in [0.5, 0.6) is 0 Å². The zero-order valence-electron chi connectivity index (χ0n) is 22.7. The largest absolute Gasteiger partial charge is 0.477 e. The maximum absolute atomic E-state index is 12.9. The highest BCUT2D eigenvalue weighted by molar-refractivity contribution is 7.17. The van der Waals surface area contributed by atoms with Crippen molar-refractivity contribution in [2.75, 3.05) is 41.8 Å². The van der Waals surface area contributed by atoms with Gasteiger partial charge in [0.15, 0.2) is 10.7 Å². The molecule has 0 spiro atoms. The number of benzene rings is 3. The molecule has 9 heteroatoms. The molecule has 206 valence electrons. The number of aromatic carboxylic acids is 1. The average Bonchev–Trinajstić information content (AvgIpc) is 3.38. The molecule has 0 atom stereocenters. The molecular formula is C31H32N4O4S. The zero-order valence-corrected chi connectivity index (χ0v) is 23.5. The van der Waals surface area contributed by atoms with Crippen molar-refractivity contribution in [1.82, 2.24) is 4.98 Å². The normalized spacial score (nSPS) is 13.6. The number of nitrogens with zero attached hydrogens (tertiary/aromatic N) is 2. The molecule has 1 amide bonds. The molecule has 0 aliphatic carbocycles. The summed E-state index contributed by atoms with van der Waals surface area (Å²) in [5.74, 6) is -0.995. The standard InChI is InChI=1S/C31H32N4O4S/c1-31(2,3)22-9-7-20(8-10-22)28(36)33-24-6-4-5-21(19-24)29-34-27(26(40-29)30(37)38)32-23-11-13-25(14-12-23)35-15-17-39-18-16-35/h4-14,19,32H,15-18H2,1-3H3,(H,33,36)(H,37,38). The SMILES string of the molecule is CC(C)(C)c1ccc(C(=O)Nc2cccc(-c3nc(Nc4ccc(N5CCOCC5)cc4)c(C(=O)O)s3)c2)cc1. The molecule has 0 saturated carbocycles. The molecule has 1 aromatic heterocycles. The fourth-order valence-electron chi connectivity index (χ4n) is 4.44. The Bertz CT molecular complexity index is 1500. The van der Waals surface area contributed by atoms with Gasteiger partial charge in [0.25, 0.3) is 5.91 Å². The Hall–Kier alpha value is -4.21. The smallest absolute Gasteiger partial charge is 0.349 e. The minimum atomic E-state index is -1.06. The van der Waals surface area contributed by atoms with E-state index in [0.717, 1.165) is 41.4 Å². The van der Waals surface area contributed by atoms with Crippen LogP contribution in [-0.4, -0.2) is 48.3 Å². The molecule has 4 aromatic rings. The zero-order chi connectivity index (χ0) is 28.3. The molecule has 1 saturated heterocycles. The first-order valence-electron chi connectivity index (χ1n) is 13.1. The third-order valence-corrected chi connectivity index (χ3v) is 7.80. The lowest BCUT2D eigenvalue weighted by Gasteiger charge is -2.28. The number of aromatic nitrogens is 1. The van der Waals surface area contributed by atoms with Gasteiger partial charge in [0.1, 0.15) is 5.01 Å². The Morgan fingerprint density at radius 2 is 1.65 bits per heavy atom. The summed E-state index contributed by atoms with van der Waals surface area (Å²) >= 11 is 1.09. The van der Waals surface area contributed by atoms with Gasteiger partial charge in [-0.1, -0.05) is 45.0 Å². The van der Waals surface area contributed by atoms with Gasteiger partial charge in [-0.3, -0.25) is 4.79 Å². The van der Waals surface area contributed by atoms with Gasteiger partial charge in [-0.25, -0.2) is 9.78 Å². The van der Waals surface area contributed by atoms with Crippen LogP contribution in [0.4, 0.5) is 22.9 Å². The highest BCUT2D eigenvalue weighted by Crippen LogP contribution is 2.34. The number of anilines is 4. The maximum atomic E-state index is 12.9. The number of thiazole rings is 1. The van der Waals surface area contributed by atoms with Crippen molar-refractivity contribution in [1.29, 1.82) is 0 Å². The quantitative estimate of drug-likeness (QED) is 0.234. The molecule has 40 heavy (non-hydrogen) atoms. The fraction of sp³-hybridized carbons (Fsp3) is 0.258. The van der Waals surface area contributed by atoms with Crippen LogP contribution in [0.15, 0.2) is 72.8 Å². The lowest BCUT2D eigenvalue weighted by molar-refractivity contribution is 0.0702. The molecule has 3 aromatic carbocycles. The second kappa shape index (κ2) is 11.5. The van der Waals surface area contributed by atoms with Gasteiger partial charge >= 0.3 is 5.97 Å². The van der Waals surface area contributed by atoms with Crippen LogP contribution < -0.4 is 15.5 Å². The highest BCUT2D eigenvalue weighted by Gasteiger charge is 2.20. The Morgan fingerprint density at radius 1 is 0.950 bits per heavy atom. The molecule has 0 unspecified atom stereocenters. The molecule has 1 fully saturated rings. The number of ether oxygens (including phenoxy) is 1. The van der Waals surface area contributed by atoms with Gasteiger partial charge < -0.3 is 25.4 Å². The van der Waals surface area contributed by atoms with Crippen LogP contribution in [-0.2, 0) is 10.2 Å². The second-order valence-electron chi connectivity index (χ2n) is 10.6. The molecule has 1 aliphatic rings. The lowest BCUT2D eigenvalue weighted by atomic mass is 9.87. The van der Waals surface area contributed by atoms with E-state index >= 15 is 0 Å². The fourth-order valence-corrected chi connectivity index (χ4v) is 5.30. The monoisotopic (exact) mass is 556 g/mol. The van der Waals surface area contributed by atoms with E-state index in [1.165, 1.54) is 0 Å². The molecular weight excluding hydrogens is 524 g/mol. The van der Waals surface area contributed by atoms with Crippen LogP contribution >= 0.6 is 11.3 Å². The van der Waals surface area contributed by atoms with Crippen molar-refractivity contribution >= 4 is 46.1 Å². The Kier molecular flexibility index (Phi) is 7.86. The van der Waals surface area contributed by atoms with E-state index in [0.29, 0.717) is 35.0 Å². The van der Waals surface area contributed by atoms with Gasteiger partial charge in [0.05, 0.1) is 13.2 Å². The summed E-state index contributed by atoms with van der Waals surface area (Å²) in [7, 11) is 0. The predicted molar refractivity (Wildman–Crippen MR) is 160 cm³/mol. The molecule has 3 N–H and O–H groups in total. The Morgan fingerprint density at radius 3 is 2.30 bits per heavy atom. The van der Waals surface area contributed by atoms with E-state index < -0.39 is 5.97 Å². The van der Waals surface area contributed by atoms with E-state index in [1.807, 2.05) is 60.7 Å². The predicted octanol–water partition coefficient (Wildman–Crippen LogP) is 6.64. The number of carbonyl (C=O) groups excluding carboxylic acids is 1. The second-order valence-corrected chi connectivity index (χ2v) is 11.6. The summed E-state index contributed by atoms with van der Waals surface area (Å²) in [6.45, 7) is 9.49. The first-order valence-corrected chi connectivity index (χ1v) is 14.0. The van der Waals surface area contributed by atoms with Crippen LogP contribution in [0.1, 0.15) is 46.4 Å². The Labute approximate surface area is 237 Å². The van der Waals surface area contributed by atoms with Crippen molar-refractivity contribution in [2.45, 2.75) is 26.2 Å². The van der Waals surface area contributed by atoms with E-state index in [-0.39, 0.29) is 22.0 Å². The van der Waals surface area contributed by atoms with E-state index in [2.05, 4.69) is 41.3 Å². The molecule has 2 heterocycles. The summed E-state index contributed by atoms with van der Waals surface area (Å²) in [6, 6.07) is 22.7. The minimum absolute atomic E-state index is 0.00588. The minimum Gasteiger partial charge on any atom is -0.477 e. The first-order chi connectivity index (χ1) is 19.2. The highest BCUT2D eigenvalue weighted by atomic mass is 32.1. The van der Waals surface area contributed by atoms with E-state index in [4.69, 9.17) is 4.74 Å². The van der Waals surface area contributed by atoms with Crippen molar-refractivity contribution in [2.24, 2.45) is 0 Å². The number of amides is 1. The van der Waals surface area contributed by atoms with Crippen molar-refractivity contribution in [3.8, 4) is 10.6 Å². The van der Waals surface area contributed by atoms with Crippen molar-refractivity contribution < 1.29 is 19.4 Å². The van der Waals surface area contributed by atoms with Crippen molar-refractivity contribution in [3.63, 3.8) is 0 Å². The molecule has 0 bridgehead atoms. The van der Waals surface area contributed by atoms with Gasteiger partial charge in [-0.05, 0) is 59.5 Å². The number of morpholine rings is 1. The first kappa shape index (κ1) is 27.4. The van der Waals surface area contributed by atoms with Crippen LogP contribution in [0, 0.1) is 0 Å². The molecule has 1 aliphatic heterocycles. The third-order valence-electron chi connectivity index (χ3n) is 6.71. The van der Waals surface area contributed by atoms with E-state index in [9.17, 15) is 14.7 Å². The number of carbonyl (C=O) groups is 2. The van der Waals surface area contributed by atoms with Gasteiger partial charge in [-0.2, -0.15) is 0 Å². The number of carboxylic acid groups (broad SMARTS) is 1. The molecule has 0 radical (unpaired) electrons. The lowest BCUT2D eigenvalue weighted by Crippen LogP contribution is -2.36. The number of nitrogens with one attached hydrogen (secondary N) is 2. The van der Waals surface area contributed by atoms with Crippen LogP contribution in [0.25, 0.3) is 10.6 Å². The Balaban J connectivity index is 1.32. The third kappa shape index (κ3) is 6.32. The number of hydrogen-bond acceptors (Lipinski definition) is 7. The number of rotatable bonds is 7. The number of carboxylic acids is 1. The summed E-state index contributed by atoms with van der Waals surface area (Å²) in [6.07, 6.45) is 0. The average molecular weight is 557 g/mol. The van der Waals surface area contributed by atoms with Gasteiger partial charge in [-0.15, -0.1) is 11.3 Å². The summed E-state index contributed by atoms with van der Waals surface area (Å²) in [5.41, 5.74) is 4.87. The van der Waals surface area contributed by atoms with Gasteiger partial charge in [0.2, 0.25) is 0 Å².